The van der Waals surface area contributed by atoms with E-state index in [9.17, 15) is 0 Å². The predicted molar refractivity (Wildman–Crippen MR) is 218 cm³/mol. The number of aryl methyl sites for hydroxylation is 6. The summed E-state index contributed by atoms with van der Waals surface area (Å²) in [6.07, 6.45) is 2.97. The molecule has 0 radical (unpaired) electrons. The van der Waals surface area contributed by atoms with Gasteiger partial charge in [-0.15, -0.1) is 0 Å². The van der Waals surface area contributed by atoms with Gasteiger partial charge in [0.05, 0.1) is 32.9 Å². The van der Waals surface area contributed by atoms with Crippen LogP contribution < -0.4 is 5.30 Å². The second kappa shape index (κ2) is 15.9. The Kier molecular flexibility index (Phi) is 14.3. The average Bonchev–Trinajstić information content (AvgIpc) is 2.83. The third-order valence-electron chi connectivity index (χ3n) is 9.25. The minimum absolute atomic E-state index is 0.364. The van der Waals surface area contributed by atoms with Crippen molar-refractivity contribution in [1.29, 1.82) is 0 Å². The van der Waals surface area contributed by atoms with Gasteiger partial charge >= 0.3 is 166 Å². The first-order chi connectivity index (χ1) is 20.8. The summed E-state index contributed by atoms with van der Waals surface area (Å²) in [6, 6.07) is 15.7. The van der Waals surface area contributed by atoms with Gasteiger partial charge in [-0.2, -0.15) is 0 Å². The monoisotopic (exact) mass is 722 g/mol. The van der Waals surface area contributed by atoms with Crippen molar-refractivity contribution in [3.63, 3.8) is 0 Å². The van der Waals surface area contributed by atoms with Gasteiger partial charge in [-0.05, 0) is 83.1 Å². The molecule has 0 amide bonds. The third kappa shape index (κ3) is 10.9. The zero-order valence-corrected chi connectivity index (χ0v) is 36.6. The topological polar surface area (TPSA) is 0 Å². The second-order valence-electron chi connectivity index (χ2n) is 17.8. The molecule has 258 valence electrons. The molecule has 0 aliphatic rings. The van der Waals surface area contributed by atoms with Crippen molar-refractivity contribution in [3.8, 4) is 22.3 Å². The first-order valence-electron chi connectivity index (χ1n) is 17.1. The van der Waals surface area contributed by atoms with Crippen LogP contribution in [0.25, 0.3) is 22.3 Å². The molecule has 0 unspecified atom stereocenters. The molecule has 0 saturated carbocycles. The van der Waals surface area contributed by atoms with Gasteiger partial charge in [0.15, 0.2) is 0 Å². The van der Waals surface area contributed by atoms with E-state index in [0.717, 1.165) is 6.91 Å². The van der Waals surface area contributed by atoms with Crippen molar-refractivity contribution in [3.05, 3.63) is 75.8 Å². The van der Waals surface area contributed by atoms with Crippen molar-refractivity contribution in [2.45, 2.75) is 145 Å². The van der Waals surface area contributed by atoms with Crippen molar-refractivity contribution < 1.29 is 14.6 Å². The first kappa shape index (κ1) is 41.5. The van der Waals surface area contributed by atoms with Gasteiger partial charge in [-0.1, -0.05) is 0 Å². The Hall–Kier alpha value is -0.686. The zero-order valence-electron chi connectivity index (χ0n) is 32.7. The third-order valence-corrected chi connectivity index (χ3v) is 19.8. The van der Waals surface area contributed by atoms with E-state index in [0.29, 0.717) is 20.6 Å². The van der Waals surface area contributed by atoms with Crippen LogP contribution in [0.5, 0.6) is 0 Å². The molecule has 0 bridgehead atoms. The van der Waals surface area contributed by atoms with Crippen molar-refractivity contribution in [1.82, 2.24) is 0 Å². The van der Waals surface area contributed by atoms with E-state index in [1.165, 1.54) is 73.3 Å². The van der Waals surface area contributed by atoms with Crippen LogP contribution in [0.3, 0.4) is 0 Å². The van der Waals surface area contributed by atoms with E-state index in [4.69, 9.17) is 14.6 Å². The molecule has 0 saturated heterocycles. The maximum absolute atomic E-state index is 5.26. The van der Waals surface area contributed by atoms with Crippen LogP contribution in [0.1, 0.15) is 116 Å². The fraction of sp³-hybridized carbons (Fsp3) is 0.571. The van der Waals surface area contributed by atoms with Gasteiger partial charge in [-0.3, -0.25) is 0 Å². The summed E-state index contributed by atoms with van der Waals surface area (Å²) >= 11 is 5.26. The molecule has 0 aromatic heterocycles. The SMILES string of the molecule is CC(C)(C)[PH+](CC[PH+](C(C)(C)C)C(C)(C)C)C(C)(C)C.Cc1cc(C)c(-c2cccc(-c3c(C)cc(C)cc3C)c2[P]=[Ni])c(C)c1. The minimum atomic E-state index is -0.364. The normalized spacial score (nSPS) is 13.0. The predicted octanol–water partition coefficient (Wildman–Crippen LogP) is 13.5. The molecule has 0 nitrogen and oxygen atoms in total. The van der Waals surface area contributed by atoms with E-state index in [1.807, 2.05) is 0 Å². The average molecular weight is 724 g/mol. The molecule has 0 N–H and O–H groups in total. The first-order valence-corrected chi connectivity index (χ1v) is 22.6. The molecule has 3 rings (SSSR count). The van der Waals surface area contributed by atoms with Crippen LogP contribution in [0, 0.1) is 41.5 Å². The summed E-state index contributed by atoms with van der Waals surface area (Å²) in [4.78, 5) is 0. The fourth-order valence-electron chi connectivity index (χ4n) is 8.23. The molecule has 4 heteroatoms. The van der Waals surface area contributed by atoms with Gasteiger partial charge in [0, 0.05) is 15.8 Å². The molecule has 0 heterocycles. The van der Waals surface area contributed by atoms with Crippen LogP contribution in [0.15, 0.2) is 42.5 Å². The second-order valence-corrected chi connectivity index (χ2v) is 27.9. The van der Waals surface area contributed by atoms with E-state index >= 15 is 0 Å². The van der Waals surface area contributed by atoms with Crippen LogP contribution in [-0.4, -0.2) is 32.9 Å². The van der Waals surface area contributed by atoms with Gasteiger partial charge in [0.25, 0.3) is 0 Å². The molecule has 0 spiro atoms. The molecular formula is C42H67NiP3+2. The van der Waals surface area contributed by atoms with Crippen molar-refractivity contribution in [2.75, 3.05) is 12.3 Å². The van der Waals surface area contributed by atoms with E-state index in [1.54, 1.807) is 0 Å². The number of benzene rings is 3. The van der Waals surface area contributed by atoms with Gasteiger partial charge in [0.1, 0.15) is 0 Å². The molecule has 3 aromatic rings. The molecule has 0 aliphatic carbocycles. The van der Waals surface area contributed by atoms with E-state index in [-0.39, 0.29) is 15.8 Å². The molecule has 3 aromatic carbocycles. The summed E-state index contributed by atoms with van der Waals surface area (Å²) in [6.45, 7) is 43.7. The Morgan fingerprint density at radius 3 is 0.978 bits per heavy atom. The molecule has 46 heavy (non-hydrogen) atoms. The van der Waals surface area contributed by atoms with Crippen LogP contribution >= 0.6 is 22.8 Å². The van der Waals surface area contributed by atoms with Crippen molar-refractivity contribution in [2.24, 2.45) is 0 Å². The molecule has 0 atom stereocenters. The summed E-state index contributed by atoms with van der Waals surface area (Å²) in [5, 5.41) is 3.28. The number of hydrogen-bond acceptors (Lipinski definition) is 0. The Morgan fingerprint density at radius 1 is 0.500 bits per heavy atom. The Bertz CT molecular complexity index is 1320. The van der Waals surface area contributed by atoms with Crippen molar-refractivity contribution >= 4 is 28.1 Å². The Balaban J connectivity index is 0.000000334. The quantitative estimate of drug-likeness (QED) is 0.175. The van der Waals surface area contributed by atoms with Gasteiger partial charge in [0.2, 0.25) is 0 Å². The van der Waals surface area contributed by atoms with Crippen LogP contribution in [-0.2, 0) is 14.6 Å². The fourth-order valence-corrected chi connectivity index (χ4v) is 19.0. The maximum atomic E-state index is 5.26. The molecule has 0 aliphatic heterocycles. The van der Waals surface area contributed by atoms with Crippen LogP contribution in [0.2, 0.25) is 0 Å². The Morgan fingerprint density at radius 2 is 0.761 bits per heavy atom. The summed E-state index contributed by atoms with van der Waals surface area (Å²) in [5.41, 5.74) is 13.1. The standard InChI is InChI=1S/C24H25P.C18H40P2.Ni/c1-14-10-16(3)22(17(4)11-14)20-8-7-9-21(24(20)25)23-18(5)12-15(2)13-19(23)6;1-15(2,3)19(16(4,5)6)13-14-20(17(7,8)9)18(10,11)12;/h7-13H,1-6H3;13-14H2,1-12H3;/p+2. The summed E-state index contributed by atoms with van der Waals surface area (Å²) < 4.78 is 0. The number of hydrogen-bond donors (Lipinski definition) is 0. The number of rotatable bonds is 6. The van der Waals surface area contributed by atoms with E-state index < -0.39 is 0 Å². The van der Waals surface area contributed by atoms with Crippen LogP contribution in [0.4, 0.5) is 0 Å². The summed E-state index contributed by atoms with van der Waals surface area (Å²) in [5.74, 6) is 0. The molecular weight excluding hydrogens is 656 g/mol. The summed E-state index contributed by atoms with van der Waals surface area (Å²) in [7, 11) is -0.729. The van der Waals surface area contributed by atoms with E-state index in [2.05, 4.69) is 167 Å². The molecule has 0 fully saturated rings. The Labute approximate surface area is 296 Å². The van der Waals surface area contributed by atoms with Gasteiger partial charge in [-0.25, -0.2) is 0 Å². The van der Waals surface area contributed by atoms with Gasteiger partial charge < -0.3 is 0 Å². The zero-order chi connectivity index (χ0) is 35.6.